The van der Waals surface area contributed by atoms with Crippen molar-refractivity contribution in [3.8, 4) is 0 Å². The maximum absolute atomic E-state index is 13.1. The van der Waals surface area contributed by atoms with Gasteiger partial charge in [-0.2, -0.15) is 0 Å². The number of carbonyl (C=O) groups excluding carboxylic acids is 1. The summed E-state index contributed by atoms with van der Waals surface area (Å²) in [6.45, 7) is 1.86. The van der Waals surface area contributed by atoms with Crippen molar-refractivity contribution in [2.24, 2.45) is 5.92 Å². The summed E-state index contributed by atoms with van der Waals surface area (Å²) in [5.41, 5.74) is 0.838. The highest BCUT2D eigenvalue weighted by Gasteiger charge is 2.30. The summed E-state index contributed by atoms with van der Waals surface area (Å²) in [5.74, 6) is 0.152. The van der Waals surface area contributed by atoms with Gasteiger partial charge in [0, 0.05) is 32.3 Å². The summed E-state index contributed by atoms with van der Waals surface area (Å²) in [4.78, 5) is 18.7. The molecule has 1 aromatic carbocycles. The number of rotatable bonds is 7. The fraction of sp³-hybridized carbons (Fsp3) is 0.455. The van der Waals surface area contributed by atoms with Crippen LogP contribution in [0.3, 0.4) is 0 Å². The zero-order valence-corrected chi connectivity index (χ0v) is 18.8. The zero-order valence-electron chi connectivity index (χ0n) is 18.0. The summed E-state index contributed by atoms with van der Waals surface area (Å²) >= 11 is 0. The molecule has 1 aliphatic rings. The largest absolute Gasteiger partial charge is 0.363 e. The Balaban J connectivity index is 1.51. The van der Waals surface area contributed by atoms with Crippen LogP contribution in [0.1, 0.15) is 44.2 Å². The van der Waals surface area contributed by atoms with E-state index in [1.54, 1.807) is 29.2 Å². The number of pyridine rings is 1. The van der Waals surface area contributed by atoms with Crippen LogP contribution in [0.15, 0.2) is 47.5 Å². The molecule has 9 heteroatoms. The van der Waals surface area contributed by atoms with Gasteiger partial charge >= 0.3 is 0 Å². The second-order valence-electron chi connectivity index (χ2n) is 8.20. The van der Waals surface area contributed by atoms with Gasteiger partial charge in [0.25, 0.3) is 0 Å². The summed E-state index contributed by atoms with van der Waals surface area (Å²) in [6, 6.07) is 8.84. The first kappa shape index (κ1) is 23.1. The Kier molecular flexibility index (Phi) is 7.27. The van der Waals surface area contributed by atoms with Crippen molar-refractivity contribution in [3.05, 3.63) is 54.0 Å². The fourth-order valence-electron chi connectivity index (χ4n) is 3.72. The summed E-state index contributed by atoms with van der Waals surface area (Å²) < 4.78 is 41.1. The standard InChI is InChI=1S/C22H29FN4O3S/c1-15(16-4-8-18(23)9-5-16)25-22(28)17-6-10-19(11-7-17)26-31(29,30)20-12-13-21(24-14-20)27(2)3/h4-5,8-9,12-15,17,19,26H,6-7,10-11H2,1-3H3,(H,25,28)/t15-,17-,19-/m1/s1. The normalized spacial score (nSPS) is 20.1. The van der Waals surface area contributed by atoms with Crippen molar-refractivity contribution in [2.45, 2.75) is 49.6 Å². The van der Waals surface area contributed by atoms with Crippen molar-refractivity contribution < 1.29 is 17.6 Å². The van der Waals surface area contributed by atoms with Gasteiger partial charge in [0.2, 0.25) is 15.9 Å². The van der Waals surface area contributed by atoms with Crippen LogP contribution in [-0.2, 0) is 14.8 Å². The first-order valence-corrected chi connectivity index (χ1v) is 11.9. The topological polar surface area (TPSA) is 91.4 Å². The molecule has 0 spiro atoms. The van der Waals surface area contributed by atoms with Gasteiger partial charge < -0.3 is 10.2 Å². The predicted octanol–water partition coefficient (Wildman–Crippen LogP) is 3.00. The second-order valence-corrected chi connectivity index (χ2v) is 9.91. The summed E-state index contributed by atoms with van der Waals surface area (Å²) in [6.07, 6.45) is 3.74. The van der Waals surface area contributed by atoms with E-state index in [1.807, 2.05) is 21.0 Å². The first-order chi connectivity index (χ1) is 14.7. The number of benzene rings is 1. The number of hydrogen-bond donors (Lipinski definition) is 2. The highest BCUT2D eigenvalue weighted by molar-refractivity contribution is 7.89. The lowest BCUT2D eigenvalue weighted by atomic mass is 9.85. The van der Waals surface area contributed by atoms with Crippen LogP contribution in [0.2, 0.25) is 0 Å². The van der Waals surface area contributed by atoms with E-state index >= 15 is 0 Å². The van der Waals surface area contributed by atoms with E-state index in [9.17, 15) is 17.6 Å². The maximum atomic E-state index is 13.1. The average molecular weight is 449 g/mol. The summed E-state index contributed by atoms with van der Waals surface area (Å²) in [7, 11) is 0.0133. The fourth-order valence-corrected chi connectivity index (χ4v) is 4.97. The number of halogens is 1. The number of carbonyl (C=O) groups is 1. The quantitative estimate of drug-likeness (QED) is 0.680. The molecule has 7 nitrogen and oxygen atoms in total. The zero-order chi connectivity index (χ0) is 22.6. The molecule has 1 fully saturated rings. The number of nitrogens with zero attached hydrogens (tertiary/aromatic N) is 2. The Bertz CT molecular complexity index is 986. The molecule has 31 heavy (non-hydrogen) atoms. The third-order valence-electron chi connectivity index (χ3n) is 5.64. The Morgan fingerprint density at radius 3 is 2.29 bits per heavy atom. The monoisotopic (exact) mass is 448 g/mol. The molecule has 0 aliphatic heterocycles. The van der Waals surface area contributed by atoms with Gasteiger partial charge in [-0.1, -0.05) is 12.1 Å². The van der Waals surface area contributed by atoms with Gasteiger partial charge in [-0.25, -0.2) is 22.5 Å². The number of aromatic nitrogens is 1. The van der Waals surface area contributed by atoms with E-state index in [-0.39, 0.29) is 34.6 Å². The highest BCUT2D eigenvalue weighted by atomic mass is 32.2. The van der Waals surface area contributed by atoms with Crippen molar-refractivity contribution in [1.29, 1.82) is 0 Å². The first-order valence-electron chi connectivity index (χ1n) is 10.4. The molecule has 1 saturated carbocycles. The minimum absolute atomic E-state index is 0.0541. The van der Waals surface area contributed by atoms with E-state index in [0.717, 1.165) is 5.56 Å². The average Bonchev–Trinajstić information content (AvgIpc) is 2.74. The highest BCUT2D eigenvalue weighted by Crippen LogP contribution is 2.27. The Morgan fingerprint density at radius 1 is 1.10 bits per heavy atom. The van der Waals surface area contributed by atoms with Crippen LogP contribution in [0, 0.1) is 11.7 Å². The molecule has 0 radical (unpaired) electrons. The molecule has 0 unspecified atom stereocenters. The molecular formula is C22H29FN4O3S. The number of nitrogens with one attached hydrogen (secondary N) is 2. The van der Waals surface area contributed by atoms with E-state index in [4.69, 9.17) is 0 Å². The SMILES string of the molecule is C[C@@H](NC(=O)[C@H]1CC[C@H](NS(=O)(=O)c2ccc(N(C)C)nc2)CC1)c1ccc(F)cc1. The third-order valence-corrected chi connectivity index (χ3v) is 7.14. The minimum atomic E-state index is -3.66. The number of anilines is 1. The van der Waals surface area contributed by atoms with Crippen LogP contribution < -0.4 is 14.9 Å². The Hall–Kier alpha value is -2.52. The van der Waals surface area contributed by atoms with Crippen LogP contribution in [-0.4, -0.2) is 39.4 Å². The van der Waals surface area contributed by atoms with E-state index in [0.29, 0.717) is 31.5 Å². The minimum Gasteiger partial charge on any atom is -0.363 e. The molecule has 1 aliphatic carbocycles. The molecule has 2 aromatic rings. The van der Waals surface area contributed by atoms with Crippen molar-refractivity contribution in [3.63, 3.8) is 0 Å². The van der Waals surface area contributed by atoms with Crippen molar-refractivity contribution >= 4 is 21.7 Å². The smallest absolute Gasteiger partial charge is 0.242 e. The lowest BCUT2D eigenvalue weighted by Gasteiger charge is -2.29. The van der Waals surface area contributed by atoms with Gasteiger partial charge in [0.15, 0.2) is 0 Å². The molecule has 1 heterocycles. The maximum Gasteiger partial charge on any atom is 0.242 e. The van der Waals surface area contributed by atoms with E-state index < -0.39 is 10.0 Å². The van der Waals surface area contributed by atoms with Crippen LogP contribution >= 0.6 is 0 Å². The summed E-state index contributed by atoms with van der Waals surface area (Å²) in [5, 5.41) is 2.98. The third kappa shape index (κ3) is 6.01. The van der Waals surface area contributed by atoms with Crippen LogP contribution in [0.5, 0.6) is 0 Å². The number of hydrogen-bond acceptors (Lipinski definition) is 5. The predicted molar refractivity (Wildman–Crippen MR) is 118 cm³/mol. The van der Waals surface area contributed by atoms with Crippen molar-refractivity contribution in [1.82, 2.24) is 15.0 Å². The Morgan fingerprint density at radius 2 is 1.74 bits per heavy atom. The molecular weight excluding hydrogens is 419 g/mol. The number of sulfonamides is 1. The molecule has 1 aromatic heterocycles. The van der Waals surface area contributed by atoms with Gasteiger partial charge in [-0.05, 0) is 62.4 Å². The van der Waals surface area contributed by atoms with Crippen LogP contribution in [0.25, 0.3) is 0 Å². The van der Waals surface area contributed by atoms with Gasteiger partial charge in [-0.3, -0.25) is 4.79 Å². The lowest BCUT2D eigenvalue weighted by molar-refractivity contribution is -0.126. The molecule has 168 valence electrons. The molecule has 3 rings (SSSR count). The van der Waals surface area contributed by atoms with Crippen LogP contribution in [0.4, 0.5) is 10.2 Å². The van der Waals surface area contributed by atoms with E-state index in [1.165, 1.54) is 18.3 Å². The molecule has 1 amide bonds. The lowest BCUT2D eigenvalue weighted by Crippen LogP contribution is -2.41. The molecule has 1 atom stereocenters. The molecule has 0 saturated heterocycles. The van der Waals surface area contributed by atoms with Gasteiger partial charge in [-0.15, -0.1) is 0 Å². The van der Waals surface area contributed by atoms with E-state index in [2.05, 4.69) is 15.0 Å². The Labute approximate surface area is 183 Å². The van der Waals surface area contributed by atoms with Gasteiger partial charge in [0.05, 0.1) is 6.04 Å². The number of amides is 1. The second kappa shape index (κ2) is 9.74. The van der Waals surface area contributed by atoms with Gasteiger partial charge in [0.1, 0.15) is 16.5 Å². The van der Waals surface area contributed by atoms with Crippen molar-refractivity contribution in [2.75, 3.05) is 19.0 Å². The molecule has 2 N–H and O–H groups in total. The molecule has 0 bridgehead atoms.